The largest absolute Gasteiger partial charge is 0.493 e. The Morgan fingerprint density at radius 3 is 2.51 bits per heavy atom. The van der Waals surface area contributed by atoms with Crippen molar-refractivity contribution in [1.29, 1.82) is 0 Å². The Morgan fingerprint density at radius 2 is 1.80 bits per heavy atom. The summed E-state index contributed by atoms with van der Waals surface area (Å²) in [6.07, 6.45) is 2.05. The van der Waals surface area contributed by atoms with E-state index in [4.69, 9.17) is 24.9 Å². The van der Waals surface area contributed by atoms with Gasteiger partial charge in [-0.05, 0) is 60.7 Å². The van der Waals surface area contributed by atoms with E-state index in [9.17, 15) is 14.4 Å². The Balaban J connectivity index is 1.75. The number of rotatable bonds is 6. The molecule has 3 amide bonds. The molecule has 1 aliphatic carbocycles. The van der Waals surface area contributed by atoms with E-state index in [1.165, 1.54) is 6.92 Å². The van der Waals surface area contributed by atoms with Gasteiger partial charge in [-0.1, -0.05) is 24.3 Å². The lowest BCUT2D eigenvalue weighted by Gasteiger charge is -2.15. The minimum absolute atomic E-state index is 0.361. The number of amides is 3. The summed E-state index contributed by atoms with van der Waals surface area (Å²) in [6.45, 7) is 1.38. The number of carbonyl (C=O) groups excluding carboxylic acids is 3. The van der Waals surface area contributed by atoms with Crippen LogP contribution in [0.4, 0.5) is 4.79 Å². The van der Waals surface area contributed by atoms with E-state index in [2.05, 4.69) is 0 Å². The Labute approximate surface area is 201 Å². The third-order valence-electron chi connectivity index (χ3n) is 5.79. The fourth-order valence-electron chi connectivity index (χ4n) is 4.15. The van der Waals surface area contributed by atoms with Gasteiger partial charge in [0.05, 0.1) is 31.0 Å². The van der Waals surface area contributed by atoms with E-state index < -0.39 is 24.0 Å². The van der Waals surface area contributed by atoms with Crippen molar-refractivity contribution in [3.8, 4) is 11.5 Å². The number of nitrogens with one attached hydrogen (secondary N) is 1. The molecule has 0 saturated heterocycles. The quantitative estimate of drug-likeness (QED) is 0.522. The number of allylic oxidation sites excluding steroid dienone is 1. The molecule has 1 heterocycles. The van der Waals surface area contributed by atoms with Gasteiger partial charge in [-0.15, -0.1) is 0 Å². The van der Waals surface area contributed by atoms with Crippen LogP contribution in [0.3, 0.4) is 0 Å². The number of primary amides is 1. The van der Waals surface area contributed by atoms with E-state index in [1.54, 1.807) is 20.3 Å². The average Bonchev–Trinajstić information content (AvgIpc) is 3.23. The van der Waals surface area contributed by atoms with Crippen molar-refractivity contribution in [2.45, 2.75) is 25.9 Å². The third-order valence-corrected chi connectivity index (χ3v) is 5.79. The van der Waals surface area contributed by atoms with E-state index in [0.717, 1.165) is 16.7 Å². The number of carbonyl (C=O) groups is 3. The molecule has 9 heteroatoms. The molecule has 3 aromatic rings. The van der Waals surface area contributed by atoms with Gasteiger partial charge in [0.25, 0.3) is 5.91 Å². The number of hydrogen-bond acceptors (Lipinski definition) is 7. The second kappa shape index (κ2) is 9.84. The van der Waals surface area contributed by atoms with Crippen LogP contribution >= 0.6 is 0 Å². The number of nitrogens with two attached hydrogens (primary N) is 1. The first-order chi connectivity index (χ1) is 16.8. The molecule has 0 radical (unpaired) electrons. The van der Waals surface area contributed by atoms with Crippen molar-refractivity contribution >= 4 is 40.5 Å². The van der Waals surface area contributed by atoms with E-state index in [-0.39, 0.29) is 0 Å². The number of hydrogen-bond donors (Lipinski definition) is 2. The van der Waals surface area contributed by atoms with Gasteiger partial charge in [-0.2, -0.15) is 0 Å². The number of esters is 1. The van der Waals surface area contributed by atoms with Gasteiger partial charge >= 0.3 is 12.0 Å². The van der Waals surface area contributed by atoms with E-state index in [1.807, 2.05) is 47.8 Å². The van der Waals surface area contributed by atoms with Crippen LogP contribution in [0.15, 0.2) is 42.5 Å². The zero-order valence-electron chi connectivity index (χ0n) is 19.6. The molecule has 0 spiro atoms. The third kappa shape index (κ3) is 4.79. The number of benzene rings is 2. The van der Waals surface area contributed by atoms with E-state index >= 15 is 0 Å². The number of para-hydroxylation sites is 1. The molecule has 0 saturated carbocycles. The number of methoxy groups -OCH3 is 2. The number of ether oxygens (including phenoxy) is 3. The molecule has 1 aromatic heterocycles. The van der Waals surface area contributed by atoms with Crippen LogP contribution in [-0.2, 0) is 16.0 Å². The van der Waals surface area contributed by atoms with Crippen LogP contribution in [-0.4, -0.2) is 43.2 Å². The molecule has 35 heavy (non-hydrogen) atoms. The molecule has 1 atom stereocenters. The molecule has 1 aliphatic rings. The molecule has 9 nitrogen and oxygen atoms in total. The van der Waals surface area contributed by atoms with Gasteiger partial charge < -0.3 is 19.9 Å². The minimum atomic E-state index is -1.21. The Morgan fingerprint density at radius 1 is 1.06 bits per heavy atom. The van der Waals surface area contributed by atoms with Crippen LogP contribution in [0.1, 0.15) is 40.5 Å². The van der Waals surface area contributed by atoms with Gasteiger partial charge in [0.2, 0.25) is 0 Å². The second-order valence-corrected chi connectivity index (χ2v) is 8.02. The van der Waals surface area contributed by atoms with Gasteiger partial charge in [0.15, 0.2) is 17.6 Å². The van der Waals surface area contributed by atoms with Gasteiger partial charge in [0.1, 0.15) is 0 Å². The molecular formula is C26H25N3O6. The number of fused-ring (bicyclic) bond motifs is 2. The lowest BCUT2D eigenvalue weighted by atomic mass is 10.0. The van der Waals surface area contributed by atoms with Crippen LogP contribution in [0.2, 0.25) is 0 Å². The topological polar surface area (TPSA) is 130 Å². The zero-order valence-corrected chi connectivity index (χ0v) is 19.6. The standard InChI is InChI=1S/C26H25N3O6/c1-14(24(30)29-26(27)32)35-25(31)22-17-6-4-5-7-19(17)28-23-16(9-10-18(22)23)12-15-8-11-20(33-2)21(13-15)34-3/h4-8,11-14H,9-10H2,1-3H3,(H3,27,29,30,32)/b16-12+. The number of aromatic nitrogens is 1. The minimum Gasteiger partial charge on any atom is -0.493 e. The predicted octanol–water partition coefficient (Wildman–Crippen LogP) is 3.48. The maximum atomic E-state index is 13.2. The molecule has 4 rings (SSSR count). The normalized spacial score (nSPS) is 14.3. The molecule has 3 N–H and O–H groups in total. The van der Waals surface area contributed by atoms with Crippen LogP contribution < -0.4 is 20.5 Å². The van der Waals surface area contributed by atoms with Crippen molar-refractivity contribution in [2.75, 3.05) is 14.2 Å². The molecule has 0 bridgehead atoms. The van der Waals surface area contributed by atoms with Crippen molar-refractivity contribution < 1.29 is 28.6 Å². The number of imide groups is 1. The number of urea groups is 1. The average molecular weight is 476 g/mol. The summed E-state index contributed by atoms with van der Waals surface area (Å²) in [5, 5.41) is 2.55. The number of nitrogens with zero attached hydrogens (tertiary/aromatic N) is 1. The predicted molar refractivity (Wildman–Crippen MR) is 130 cm³/mol. The molecule has 180 valence electrons. The summed E-state index contributed by atoms with van der Waals surface area (Å²) >= 11 is 0. The van der Waals surface area contributed by atoms with Crippen molar-refractivity contribution in [3.05, 3.63) is 64.8 Å². The summed E-state index contributed by atoms with van der Waals surface area (Å²) < 4.78 is 16.1. The highest BCUT2D eigenvalue weighted by atomic mass is 16.5. The summed E-state index contributed by atoms with van der Waals surface area (Å²) in [6, 6.07) is 11.9. The molecule has 2 aromatic carbocycles. The Kier molecular flexibility index (Phi) is 6.68. The maximum Gasteiger partial charge on any atom is 0.339 e. The van der Waals surface area contributed by atoms with Gasteiger partial charge in [0, 0.05) is 5.39 Å². The lowest BCUT2D eigenvalue weighted by Crippen LogP contribution is -2.42. The summed E-state index contributed by atoms with van der Waals surface area (Å²) in [5.74, 6) is -0.224. The summed E-state index contributed by atoms with van der Waals surface area (Å²) in [4.78, 5) is 41.1. The zero-order chi connectivity index (χ0) is 25.1. The summed E-state index contributed by atoms with van der Waals surface area (Å²) in [5.41, 5.74) is 9.32. The first-order valence-electron chi connectivity index (χ1n) is 11.0. The van der Waals surface area contributed by atoms with Gasteiger partial charge in [-0.25, -0.2) is 14.6 Å². The first kappa shape index (κ1) is 23.7. The Hall–Kier alpha value is -4.40. The molecule has 1 unspecified atom stereocenters. The van der Waals surface area contributed by atoms with Crippen LogP contribution in [0.25, 0.3) is 22.6 Å². The Bertz CT molecular complexity index is 1360. The highest BCUT2D eigenvalue weighted by molar-refractivity contribution is 6.08. The first-order valence-corrected chi connectivity index (χ1v) is 11.0. The van der Waals surface area contributed by atoms with Crippen LogP contribution in [0.5, 0.6) is 11.5 Å². The van der Waals surface area contributed by atoms with Crippen molar-refractivity contribution in [2.24, 2.45) is 5.73 Å². The smallest absolute Gasteiger partial charge is 0.339 e. The van der Waals surface area contributed by atoms with Crippen molar-refractivity contribution in [1.82, 2.24) is 10.3 Å². The second-order valence-electron chi connectivity index (χ2n) is 8.02. The fourth-order valence-corrected chi connectivity index (χ4v) is 4.15. The molecule has 0 fully saturated rings. The fraction of sp³-hybridized carbons (Fsp3) is 0.231. The highest BCUT2D eigenvalue weighted by Crippen LogP contribution is 2.38. The number of pyridine rings is 1. The van der Waals surface area contributed by atoms with Crippen LogP contribution in [0, 0.1) is 0 Å². The van der Waals surface area contributed by atoms with Gasteiger partial charge in [-0.3, -0.25) is 10.1 Å². The monoisotopic (exact) mass is 475 g/mol. The SMILES string of the molecule is COc1ccc(/C=C2\CCc3c2nc2ccccc2c3C(=O)OC(C)C(=O)NC(N)=O)cc1OC. The molecular weight excluding hydrogens is 450 g/mol. The summed E-state index contributed by atoms with van der Waals surface area (Å²) in [7, 11) is 3.16. The molecule has 0 aliphatic heterocycles. The lowest BCUT2D eigenvalue weighted by molar-refractivity contribution is -0.127. The van der Waals surface area contributed by atoms with Crippen molar-refractivity contribution in [3.63, 3.8) is 0 Å². The maximum absolute atomic E-state index is 13.2. The van der Waals surface area contributed by atoms with E-state index in [0.29, 0.717) is 46.5 Å². The highest BCUT2D eigenvalue weighted by Gasteiger charge is 2.29.